The van der Waals surface area contributed by atoms with Gasteiger partial charge in [0.2, 0.25) is 0 Å². The van der Waals surface area contributed by atoms with Crippen LogP contribution in [0.2, 0.25) is 0 Å². The van der Waals surface area contributed by atoms with Crippen molar-refractivity contribution in [3.63, 3.8) is 0 Å². The van der Waals surface area contributed by atoms with Crippen molar-refractivity contribution in [1.29, 1.82) is 0 Å². The number of alkyl halides is 3. The molecule has 1 fully saturated rings. The molecule has 196 valence electrons. The van der Waals surface area contributed by atoms with Crippen molar-refractivity contribution in [1.82, 2.24) is 19.8 Å². The number of aryl methyl sites for hydroxylation is 1. The fourth-order valence-electron chi connectivity index (χ4n) is 4.37. The molecule has 2 heterocycles. The molecule has 1 aromatic heterocycles. The van der Waals surface area contributed by atoms with Gasteiger partial charge in [0.25, 0.3) is 0 Å². The van der Waals surface area contributed by atoms with Gasteiger partial charge in [-0.1, -0.05) is 25.5 Å². The molecule has 0 radical (unpaired) electrons. The van der Waals surface area contributed by atoms with Crippen LogP contribution >= 0.6 is 0 Å². The first-order chi connectivity index (χ1) is 17.4. The maximum absolute atomic E-state index is 12.4. The normalized spacial score (nSPS) is 14.9. The zero-order chi connectivity index (χ0) is 25.4. The molecule has 0 unspecified atom stereocenters. The highest BCUT2D eigenvalue weighted by Crippen LogP contribution is 2.30. The second-order valence-electron chi connectivity index (χ2n) is 9.13. The summed E-state index contributed by atoms with van der Waals surface area (Å²) in [5, 5.41) is 3.36. The van der Waals surface area contributed by atoms with Crippen LogP contribution in [0.1, 0.15) is 32.6 Å². The number of nitrogens with zero attached hydrogens (tertiary/aromatic N) is 3. The smallest absolute Gasteiger partial charge is 0.389 e. The third-order valence-electron chi connectivity index (χ3n) is 6.31. The van der Waals surface area contributed by atoms with E-state index in [1.807, 2.05) is 30.3 Å². The fourth-order valence-corrected chi connectivity index (χ4v) is 4.37. The minimum Gasteiger partial charge on any atom is -0.494 e. The molecule has 0 amide bonds. The zero-order valence-electron chi connectivity index (χ0n) is 20.8. The molecule has 1 aliphatic rings. The molecule has 0 bridgehead atoms. The predicted molar refractivity (Wildman–Crippen MR) is 136 cm³/mol. The van der Waals surface area contributed by atoms with E-state index in [0.29, 0.717) is 12.4 Å². The lowest BCUT2D eigenvalue weighted by Crippen LogP contribution is -2.44. The number of benzene rings is 2. The van der Waals surface area contributed by atoms with Crippen molar-refractivity contribution in [3.05, 3.63) is 42.5 Å². The van der Waals surface area contributed by atoms with Crippen LogP contribution in [0.15, 0.2) is 42.5 Å². The van der Waals surface area contributed by atoms with Crippen molar-refractivity contribution >= 4 is 11.0 Å². The lowest BCUT2D eigenvalue weighted by molar-refractivity contribution is -0.136. The minimum atomic E-state index is -4.16. The number of hydrogen-bond acceptors (Lipinski definition) is 5. The Morgan fingerprint density at radius 1 is 0.944 bits per heavy atom. The third-order valence-corrected chi connectivity index (χ3v) is 6.31. The van der Waals surface area contributed by atoms with E-state index >= 15 is 0 Å². The molecule has 6 nitrogen and oxygen atoms in total. The molecule has 0 saturated carbocycles. The number of halogens is 3. The van der Waals surface area contributed by atoms with Crippen LogP contribution in [0.3, 0.4) is 0 Å². The van der Waals surface area contributed by atoms with E-state index in [9.17, 15) is 13.2 Å². The Labute approximate surface area is 210 Å². The van der Waals surface area contributed by atoms with E-state index in [1.165, 1.54) is 0 Å². The van der Waals surface area contributed by atoms with Gasteiger partial charge in [-0.3, -0.25) is 4.90 Å². The fraction of sp³-hybridized carbons (Fsp3) is 0.519. The summed E-state index contributed by atoms with van der Waals surface area (Å²) in [4.78, 5) is 7.29. The second kappa shape index (κ2) is 12.5. The predicted octanol–water partition coefficient (Wildman–Crippen LogP) is 5.51. The van der Waals surface area contributed by atoms with Crippen LogP contribution in [0.25, 0.3) is 22.4 Å². The molecule has 36 heavy (non-hydrogen) atoms. The summed E-state index contributed by atoms with van der Waals surface area (Å²) in [6, 6.07) is 13.4. The SMILES string of the molecule is CCCCn1c(-c2cccc(OCCCC(F)(F)F)c2)nc2ccc(OCCN3CCNCC3)cc21. The van der Waals surface area contributed by atoms with Crippen molar-refractivity contribution in [3.8, 4) is 22.9 Å². The molecule has 1 N–H and O–H groups in total. The van der Waals surface area contributed by atoms with Crippen LogP contribution in [0.4, 0.5) is 13.2 Å². The van der Waals surface area contributed by atoms with Gasteiger partial charge in [0, 0.05) is 57.3 Å². The van der Waals surface area contributed by atoms with E-state index in [2.05, 4.69) is 27.8 Å². The summed E-state index contributed by atoms with van der Waals surface area (Å²) >= 11 is 0. The summed E-state index contributed by atoms with van der Waals surface area (Å²) < 4.78 is 51.1. The highest BCUT2D eigenvalue weighted by molar-refractivity contribution is 5.82. The van der Waals surface area contributed by atoms with Crippen molar-refractivity contribution in [2.45, 2.75) is 45.3 Å². The molecule has 0 atom stereocenters. The number of hydrogen-bond donors (Lipinski definition) is 1. The van der Waals surface area contributed by atoms with Gasteiger partial charge in [0.1, 0.15) is 23.9 Å². The first kappa shape index (κ1) is 26.3. The lowest BCUT2D eigenvalue weighted by Gasteiger charge is -2.26. The Bertz CT molecular complexity index is 1110. The number of rotatable bonds is 12. The highest BCUT2D eigenvalue weighted by atomic mass is 19.4. The number of fused-ring (bicyclic) bond motifs is 1. The van der Waals surface area contributed by atoms with E-state index in [0.717, 1.165) is 80.3 Å². The van der Waals surface area contributed by atoms with Gasteiger partial charge < -0.3 is 19.4 Å². The Morgan fingerprint density at radius 2 is 1.72 bits per heavy atom. The molecular formula is C27H35F3N4O2. The molecule has 0 spiro atoms. The molecular weight excluding hydrogens is 469 g/mol. The van der Waals surface area contributed by atoms with E-state index in [-0.39, 0.29) is 13.0 Å². The lowest BCUT2D eigenvalue weighted by atomic mass is 10.2. The maximum Gasteiger partial charge on any atom is 0.389 e. The number of unbranched alkanes of at least 4 members (excludes halogenated alkanes) is 1. The van der Waals surface area contributed by atoms with Crippen LogP contribution in [0, 0.1) is 0 Å². The first-order valence-electron chi connectivity index (χ1n) is 12.8. The van der Waals surface area contributed by atoms with Gasteiger partial charge in [0.15, 0.2) is 0 Å². The number of imidazole rings is 1. The van der Waals surface area contributed by atoms with E-state index < -0.39 is 12.6 Å². The minimum absolute atomic E-state index is 0.0177. The summed E-state index contributed by atoms with van der Waals surface area (Å²) in [6.07, 6.45) is -3.04. The van der Waals surface area contributed by atoms with Crippen LogP contribution in [0.5, 0.6) is 11.5 Å². The molecule has 1 saturated heterocycles. The third kappa shape index (κ3) is 7.36. The van der Waals surface area contributed by atoms with Crippen LogP contribution in [-0.4, -0.2) is 66.6 Å². The summed E-state index contributed by atoms with van der Waals surface area (Å²) in [6.45, 7) is 8.63. The van der Waals surface area contributed by atoms with Crippen molar-refractivity contribution < 1.29 is 22.6 Å². The number of ether oxygens (including phenoxy) is 2. The largest absolute Gasteiger partial charge is 0.494 e. The molecule has 2 aromatic carbocycles. The Hall–Kier alpha value is -2.78. The number of piperazine rings is 1. The summed E-state index contributed by atoms with van der Waals surface area (Å²) in [7, 11) is 0. The molecule has 3 aromatic rings. The van der Waals surface area contributed by atoms with Gasteiger partial charge in [-0.15, -0.1) is 0 Å². The molecule has 0 aliphatic carbocycles. The van der Waals surface area contributed by atoms with Crippen molar-refractivity contribution in [2.24, 2.45) is 0 Å². The Balaban J connectivity index is 1.49. The number of nitrogens with one attached hydrogen (secondary N) is 1. The topological polar surface area (TPSA) is 51.6 Å². The molecule has 1 aliphatic heterocycles. The van der Waals surface area contributed by atoms with Crippen LogP contribution in [-0.2, 0) is 6.54 Å². The monoisotopic (exact) mass is 504 g/mol. The van der Waals surface area contributed by atoms with Gasteiger partial charge in [-0.2, -0.15) is 13.2 Å². The first-order valence-corrected chi connectivity index (χ1v) is 12.8. The summed E-state index contributed by atoms with van der Waals surface area (Å²) in [5.41, 5.74) is 2.76. The van der Waals surface area contributed by atoms with Crippen molar-refractivity contribution in [2.75, 3.05) is 45.9 Å². The van der Waals surface area contributed by atoms with Crippen LogP contribution < -0.4 is 14.8 Å². The standard InChI is InChI=1S/C27H35F3N4O2/c1-2-3-13-34-25-20-23(36-18-16-33-14-11-31-12-15-33)8-9-24(25)32-26(34)21-6-4-7-22(19-21)35-17-5-10-27(28,29)30/h4,6-9,19-20,31H,2-3,5,10-18H2,1H3. The quantitative estimate of drug-likeness (QED) is 0.330. The summed E-state index contributed by atoms with van der Waals surface area (Å²) in [5.74, 6) is 2.18. The Morgan fingerprint density at radius 3 is 2.50 bits per heavy atom. The maximum atomic E-state index is 12.4. The van der Waals surface area contributed by atoms with Gasteiger partial charge in [-0.25, -0.2) is 4.98 Å². The highest BCUT2D eigenvalue weighted by Gasteiger charge is 2.26. The molecule has 9 heteroatoms. The second-order valence-corrected chi connectivity index (χ2v) is 9.13. The van der Waals surface area contributed by atoms with Gasteiger partial charge >= 0.3 is 6.18 Å². The number of aromatic nitrogens is 2. The van der Waals surface area contributed by atoms with Gasteiger partial charge in [-0.05, 0) is 37.1 Å². The Kier molecular flexibility index (Phi) is 9.09. The average molecular weight is 505 g/mol. The van der Waals surface area contributed by atoms with E-state index in [4.69, 9.17) is 14.5 Å². The van der Waals surface area contributed by atoms with Gasteiger partial charge in [0.05, 0.1) is 17.6 Å². The molecule has 4 rings (SSSR count). The van der Waals surface area contributed by atoms with E-state index in [1.54, 1.807) is 6.07 Å². The zero-order valence-corrected chi connectivity index (χ0v) is 20.8. The average Bonchev–Trinajstić information content (AvgIpc) is 3.23.